The Morgan fingerprint density at radius 1 is 1.14 bits per heavy atom. The Bertz CT molecular complexity index is 725. The first-order chi connectivity index (χ1) is 10.8. The Morgan fingerprint density at radius 2 is 2.00 bits per heavy atom. The van der Waals surface area contributed by atoms with E-state index in [4.69, 9.17) is 0 Å². The van der Waals surface area contributed by atoms with E-state index in [9.17, 15) is 4.79 Å². The van der Waals surface area contributed by atoms with Crippen molar-refractivity contribution < 1.29 is 4.79 Å². The molecule has 0 aliphatic heterocycles. The van der Waals surface area contributed by atoms with Crippen LogP contribution in [0.4, 0.5) is 0 Å². The van der Waals surface area contributed by atoms with Crippen molar-refractivity contribution in [3.05, 3.63) is 63.1 Å². The van der Waals surface area contributed by atoms with Crippen LogP contribution in [0.3, 0.4) is 0 Å². The van der Waals surface area contributed by atoms with E-state index in [1.165, 1.54) is 5.56 Å². The highest BCUT2D eigenvalue weighted by molar-refractivity contribution is 7.09. The lowest BCUT2D eigenvalue weighted by atomic mass is 10.1. The number of carbonyl (C=O) groups excluding carboxylic acids is 1. The van der Waals surface area contributed by atoms with Crippen molar-refractivity contribution >= 4 is 28.8 Å². The van der Waals surface area contributed by atoms with Crippen molar-refractivity contribution in [2.75, 3.05) is 0 Å². The van der Waals surface area contributed by atoms with Crippen molar-refractivity contribution in [2.45, 2.75) is 19.4 Å². The smallest absolute Gasteiger partial charge is 0.273 e. The Morgan fingerprint density at radius 3 is 2.77 bits per heavy atom. The Hall–Kier alpha value is -2.12. The zero-order chi connectivity index (χ0) is 15.2. The zero-order valence-corrected chi connectivity index (χ0v) is 13.4. The maximum absolute atomic E-state index is 11.8. The van der Waals surface area contributed by atoms with E-state index in [-0.39, 0.29) is 5.91 Å². The van der Waals surface area contributed by atoms with Crippen molar-refractivity contribution in [1.29, 1.82) is 0 Å². The summed E-state index contributed by atoms with van der Waals surface area (Å²) in [7, 11) is 0. The number of aromatic nitrogens is 3. The molecule has 7 heteroatoms. The molecule has 5 nitrogen and oxygen atoms in total. The van der Waals surface area contributed by atoms with Gasteiger partial charge in [-0.1, -0.05) is 34.8 Å². The van der Waals surface area contributed by atoms with E-state index in [0.29, 0.717) is 12.2 Å². The topological polar surface area (TPSA) is 67.8 Å². The number of hydrogen-bond acceptors (Lipinski definition) is 6. The summed E-state index contributed by atoms with van der Waals surface area (Å²) in [5.74, 6) is -0.215. The van der Waals surface area contributed by atoms with Crippen molar-refractivity contribution in [3.63, 3.8) is 0 Å². The monoisotopic (exact) mass is 330 g/mol. The van der Waals surface area contributed by atoms with Gasteiger partial charge in [0.15, 0.2) is 5.69 Å². The maximum Gasteiger partial charge on any atom is 0.273 e. The SMILES string of the molecule is O=C(NCc1csc(CCc2ccccc2)n1)c1csnn1. The molecule has 0 saturated carbocycles. The second-order valence-electron chi connectivity index (χ2n) is 4.69. The Labute approximate surface area is 136 Å². The predicted molar refractivity (Wildman–Crippen MR) is 87.0 cm³/mol. The van der Waals surface area contributed by atoms with E-state index in [1.54, 1.807) is 16.7 Å². The molecule has 0 spiro atoms. The highest BCUT2D eigenvalue weighted by Crippen LogP contribution is 2.13. The van der Waals surface area contributed by atoms with Gasteiger partial charge >= 0.3 is 0 Å². The van der Waals surface area contributed by atoms with E-state index in [0.717, 1.165) is 35.1 Å². The van der Waals surface area contributed by atoms with Crippen LogP contribution in [0.2, 0.25) is 0 Å². The molecule has 3 aromatic rings. The summed E-state index contributed by atoms with van der Waals surface area (Å²) in [6, 6.07) is 10.4. The normalized spacial score (nSPS) is 10.5. The lowest BCUT2D eigenvalue weighted by Gasteiger charge is -2.00. The Balaban J connectivity index is 1.50. The summed E-state index contributed by atoms with van der Waals surface area (Å²) in [6.45, 7) is 0.415. The molecule has 0 fully saturated rings. The van der Waals surface area contributed by atoms with Gasteiger partial charge in [-0.15, -0.1) is 16.4 Å². The van der Waals surface area contributed by atoms with Gasteiger partial charge in [-0.05, 0) is 23.5 Å². The third-order valence-electron chi connectivity index (χ3n) is 3.09. The van der Waals surface area contributed by atoms with Crippen molar-refractivity contribution in [2.24, 2.45) is 0 Å². The van der Waals surface area contributed by atoms with Crippen LogP contribution < -0.4 is 5.32 Å². The first-order valence-electron chi connectivity index (χ1n) is 6.84. The molecule has 0 saturated heterocycles. The predicted octanol–water partition coefficient (Wildman–Crippen LogP) is 2.71. The summed E-state index contributed by atoms with van der Waals surface area (Å²) < 4.78 is 3.67. The number of benzene rings is 1. The fourth-order valence-electron chi connectivity index (χ4n) is 1.97. The van der Waals surface area contributed by atoms with Gasteiger partial charge in [0.2, 0.25) is 0 Å². The van der Waals surface area contributed by atoms with Crippen LogP contribution in [0, 0.1) is 0 Å². The van der Waals surface area contributed by atoms with Crippen LogP contribution >= 0.6 is 22.9 Å². The average Bonchev–Trinajstić information content (AvgIpc) is 3.23. The molecule has 0 atom stereocenters. The lowest BCUT2D eigenvalue weighted by Crippen LogP contribution is -2.23. The molecule has 0 radical (unpaired) electrons. The van der Waals surface area contributed by atoms with Crippen molar-refractivity contribution in [1.82, 2.24) is 19.9 Å². The third-order valence-corrected chi connectivity index (χ3v) is 4.55. The van der Waals surface area contributed by atoms with Crippen molar-refractivity contribution in [3.8, 4) is 0 Å². The minimum atomic E-state index is -0.215. The summed E-state index contributed by atoms with van der Waals surface area (Å²) in [5, 5.41) is 11.2. The van der Waals surface area contributed by atoms with Crippen LogP contribution in [0.15, 0.2) is 41.1 Å². The van der Waals surface area contributed by atoms with E-state index in [1.807, 2.05) is 23.6 Å². The first-order valence-corrected chi connectivity index (χ1v) is 8.55. The number of thiazole rings is 1. The number of aryl methyl sites for hydroxylation is 2. The van der Waals surface area contributed by atoms with Gasteiger partial charge in [-0.2, -0.15) is 0 Å². The molecule has 22 heavy (non-hydrogen) atoms. The van der Waals surface area contributed by atoms with Crippen LogP contribution in [-0.4, -0.2) is 20.5 Å². The number of nitrogens with zero attached hydrogens (tertiary/aromatic N) is 3. The number of hydrogen-bond donors (Lipinski definition) is 1. The van der Waals surface area contributed by atoms with Crippen LogP contribution in [0.25, 0.3) is 0 Å². The minimum Gasteiger partial charge on any atom is -0.345 e. The molecular formula is C15H14N4OS2. The number of nitrogens with one attached hydrogen (secondary N) is 1. The fourth-order valence-corrected chi connectivity index (χ4v) is 3.20. The van der Waals surface area contributed by atoms with Gasteiger partial charge in [-0.25, -0.2) is 4.98 Å². The van der Waals surface area contributed by atoms with Crippen LogP contribution in [-0.2, 0) is 19.4 Å². The molecule has 0 bridgehead atoms. The molecular weight excluding hydrogens is 316 g/mol. The lowest BCUT2D eigenvalue weighted by molar-refractivity contribution is 0.0945. The molecule has 2 aromatic heterocycles. The fraction of sp³-hybridized carbons (Fsp3) is 0.200. The zero-order valence-electron chi connectivity index (χ0n) is 11.7. The molecule has 112 valence electrons. The van der Waals surface area contributed by atoms with Gasteiger partial charge in [-0.3, -0.25) is 4.79 Å². The molecule has 1 aromatic carbocycles. The van der Waals surface area contributed by atoms with E-state index in [2.05, 4.69) is 32.0 Å². The van der Waals surface area contributed by atoms with Gasteiger partial charge < -0.3 is 5.32 Å². The molecule has 2 heterocycles. The Kier molecular flexibility index (Phi) is 4.87. The average molecular weight is 330 g/mol. The molecule has 1 amide bonds. The van der Waals surface area contributed by atoms with Gasteiger partial charge in [0.25, 0.3) is 5.91 Å². The second kappa shape index (κ2) is 7.24. The van der Waals surface area contributed by atoms with E-state index < -0.39 is 0 Å². The molecule has 0 aliphatic rings. The molecule has 1 N–H and O–H groups in total. The largest absolute Gasteiger partial charge is 0.345 e. The summed E-state index contributed by atoms with van der Waals surface area (Å²) in [5.41, 5.74) is 2.54. The van der Waals surface area contributed by atoms with Crippen LogP contribution in [0.5, 0.6) is 0 Å². The quantitative estimate of drug-likeness (QED) is 0.754. The maximum atomic E-state index is 11.8. The highest BCUT2D eigenvalue weighted by Gasteiger charge is 2.09. The van der Waals surface area contributed by atoms with Gasteiger partial charge in [0.1, 0.15) is 0 Å². The second-order valence-corrected chi connectivity index (χ2v) is 6.24. The van der Waals surface area contributed by atoms with Crippen LogP contribution in [0.1, 0.15) is 26.8 Å². The number of carbonyl (C=O) groups is 1. The highest BCUT2D eigenvalue weighted by atomic mass is 32.1. The summed E-state index contributed by atoms with van der Waals surface area (Å²) >= 11 is 2.79. The standard InChI is InChI=1S/C15H14N4OS2/c20-15(13-10-22-19-18-13)16-8-12-9-21-14(17-12)7-6-11-4-2-1-3-5-11/h1-5,9-10H,6-8H2,(H,16,20). The number of rotatable bonds is 6. The first kappa shape index (κ1) is 14.8. The minimum absolute atomic E-state index is 0.215. The van der Waals surface area contributed by atoms with Gasteiger partial charge in [0, 0.05) is 17.2 Å². The molecule has 0 unspecified atom stereocenters. The third kappa shape index (κ3) is 3.96. The molecule has 3 rings (SSSR count). The molecule has 0 aliphatic carbocycles. The van der Waals surface area contributed by atoms with E-state index >= 15 is 0 Å². The summed E-state index contributed by atoms with van der Waals surface area (Å²) in [4.78, 5) is 16.3. The number of amides is 1. The summed E-state index contributed by atoms with van der Waals surface area (Å²) in [6.07, 6.45) is 1.89. The van der Waals surface area contributed by atoms with Gasteiger partial charge in [0.05, 0.1) is 17.2 Å².